The molecule has 1 rings (SSSR count). The Morgan fingerprint density at radius 1 is 1.24 bits per heavy atom. The molecule has 0 aliphatic heterocycles. The maximum Gasteiger partial charge on any atom is 0.323 e. The molecule has 1 aromatic carbocycles. The molecule has 0 spiro atoms. The second-order valence-electron chi connectivity index (χ2n) is 5.08. The lowest BCUT2D eigenvalue weighted by atomic mass is 9.98. The smallest absolute Gasteiger partial charge is 0.323 e. The normalized spacial score (nSPS) is 11.6. The van der Waals surface area contributed by atoms with Crippen LogP contribution in [-0.4, -0.2) is 16.6 Å². The first-order valence-corrected chi connectivity index (χ1v) is 5.80. The van der Waals surface area contributed by atoms with Crippen molar-refractivity contribution in [3.05, 3.63) is 34.4 Å². The van der Waals surface area contributed by atoms with Crippen molar-refractivity contribution in [3.63, 3.8) is 0 Å². The molecule has 0 aromatic heterocycles. The van der Waals surface area contributed by atoms with Crippen LogP contribution >= 0.6 is 0 Å². The van der Waals surface area contributed by atoms with Crippen LogP contribution in [0.4, 0.5) is 0 Å². The van der Waals surface area contributed by atoms with Gasteiger partial charge in [-0.1, -0.05) is 12.1 Å². The van der Waals surface area contributed by atoms with E-state index in [1.807, 2.05) is 0 Å². The van der Waals surface area contributed by atoms with Gasteiger partial charge in [0.25, 0.3) is 0 Å². The minimum Gasteiger partial charge on any atom is -0.480 e. The fraction of sp³-hybridized carbons (Fsp3) is 0.500. The Morgan fingerprint density at radius 2 is 1.82 bits per heavy atom. The first kappa shape index (κ1) is 13.7. The van der Waals surface area contributed by atoms with Crippen LogP contribution in [0.2, 0.25) is 0 Å². The number of rotatable bonds is 4. The van der Waals surface area contributed by atoms with E-state index in [1.165, 1.54) is 16.7 Å². The van der Waals surface area contributed by atoms with E-state index >= 15 is 0 Å². The molecule has 0 atom stereocenters. The van der Waals surface area contributed by atoms with Gasteiger partial charge in [0.2, 0.25) is 0 Å². The van der Waals surface area contributed by atoms with Gasteiger partial charge in [-0.3, -0.25) is 10.1 Å². The van der Waals surface area contributed by atoms with E-state index in [9.17, 15) is 4.79 Å². The lowest BCUT2D eigenvalue weighted by molar-refractivity contribution is -0.143. The van der Waals surface area contributed by atoms with Crippen LogP contribution in [0.5, 0.6) is 0 Å². The predicted octanol–water partition coefficient (Wildman–Crippen LogP) is 2.56. The third kappa shape index (κ3) is 3.07. The van der Waals surface area contributed by atoms with Crippen molar-refractivity contribution in [1.82, 2.24) is 5.32 Å². The molecule has 0 bridgehead atoms. The number of carboxylic acid groups (broad SMARTS) is 1. The summed E-state index contributed by atoms with van der Waals surface area (Å²) < 4.78 is 0. The molecular weight excluding hydrogens is 214 g/mol. The van der Waals surface area contributed by atoms with E-state index in [0.29, 0.717) is 6.54 Å². The lowest BCUT2D eigenvalue weighted by Gasteiger charge is -2.22. The molecule has 0 aliphatic rings. The van der Waals surface area contributed by atoms with Gasteiger partial charge in [0.15, 0.2) is 0 Å². The lowest BCUT2D eigenvalue weighted by Crippen LogP contribution is -2.46. The number of carboxylic acids is 1. The average Bonchev–Trinajstić information content (AvgIpc) is 2.25. The van der Waals surface area contributed by atoms with Crippen LogP contribution in [-0.2, 0) is 11.3 Å². The Balaban J connectivity index is 2.84. The third-order valence-corrected chi connectivity index (χ3v) is 3.43. The molecule has 0 amide bonds. The fourth-order valence-electron chi connectivity index (χ4n) is 1.60. The first-order chi connectivity index (χ1) is 7.75. The summed E-state index contributed by atoms with van der Waals surface area (Å²) in [7, 11) is 0. The highest BCUT2D eigenvalue weighted by molar-refractivity contribution is 5.77. The highest BCUT2D eigenvalue weighted by Gasteiger charge is 2.26. The number of nitrogens with one attached hydrogen (secondary N) is 1. The van der Waals surface area contributed by atoms with E-state index < -0.39 is 11.5 Å². The van der Waals surface area contributed by atoms with Crippen molar-refractivity contribution in [2.75, 3.05) is 0 Å². The number of hydrogen-bond acceptors (Lipinski definition) is 2. The monoisotopic (exact) mass is 235 g/mol. The van der Waals surface area contributed by atoms with Crippen molar-refractivity contribution in [1.29, 1.82) is 0 Å². The Labute approximate surface area is 103 Å². The van der Waals surface area contributed by atoms with Crippen LogP contribution in [0.15, 0.2) is 12.1 Å². The van der Waals surface area contributed by atoms with Gasteiger partial charge in [-0.15, -0.1) is 0 Å². The third-order valence-electron chi connectivity index (χ3n) is 3.43. The van der Waals surface area contributed by atoms with Gasteiger partial charge in [0, 0.05) is 6.54 Å². The summed E-state index contributed by atoms with van der Waals surface area (Å²) in [5.74, 6) is -0.834. The molecule has 2 N–H and O–H groups in total. The Morgan fingerprint density at radius 3 is 2.35 bits per heavy atom. The summed E-state index contributed by atoms with van der Waals surface area (Å²) in [5.41, 5.74) is 4.04. The number of carbonyl (C=O) groups is 1. The van der Waals surface area contributed by atoms with E-state index in [0.717, 1.165) is 5.56 Å². The second kappa shape index (κ2) is 4.88. The molecule has 0 radical (unpaired) electrons. The van der Waals surface area contributed by atoms with E-state index in [1.54, 1.807) is 13.8 Å². The summed E-state index contributed by atoms with van der Waals surface area (Å²) in [5, 5.41) is 12.1. The highest BCUT2D eigenvalue weighted by Crippen LogP contribution is 2.17. The van der Waals surface area contributed by atoms with Gasteiger partial charge < -0.3 is 5.11 Å². The van der Waals surface area contributed by atoms with Gasteiger partial charge >= 0.3 is 5.97 Å². The molecule has 0 saturated carbocycles. The molecule has 94 valence electrons. The molecule has 0 heterocycles. The van der Waals surface area contributed by atoms with Crippen LogP contribution in [0.3, 0.4) is 0 Å². The molecule has 0 fully saturated rings. The van der Waals surface area contributed by atoms with Crippen molar-refractivity contribution < 1.29 is 9.90 Å². The fourth-order valence-corrected chi connectivity index (χ4v) is 1.60. The SMILES string of the molecule is Cc1ccc(CNC(C)(C)C(=O)O)c(C)c1C. The van der Waals surface area contributed by atoms with Gasteiger partial charge in [-0.05, 0) is 56.9 Å². The molecule has 0 aliphatic carbocycles. The quantitative estimate of drug-likeness (QED) is 0.843. The topological polar surface area (TPSA) is 49.3 Å². The van der Waals surface area contributed by atoms with Crippen molar-refractivity contribution in [2.45, 2.75) is 46.7 Å². The van der Waals surface area contributed by atoms with Crippen molar-refractivity contribution >= 4 is 5.97 Å². The van der Waals surface area contributed by atoms with Crippen LogP contribution in [0.1, 0.15) is 36.1 Å². The number of aliphatic carboxylic acids is 1. The Bertz CT molecular complexity index is 436. The molecule has 3 heteroatoms. The van der Waals surface area contributed by atoms with Gasteiger partial charge in [0.1, 0.15) is 5.54 Å². The van der Waals surface area contributed by atoms with E-state index in [-0.39, 0.29) is 0 Å². The molecule has 3 nitrogen and oxygen atoms in total. The molecule has 17 heavy (non-hydrogen) atoms. The average molecular weight is 235 g/mol. The van der Waals surface area contributed by atoms with Crippen LogP contribution in [0, 0.1) is 20.8 Å². The molecule has 0 saturated heterocycles. The summed E-state index contributed by atoms with van der Waals surface area (Å²) in [6.45, 7) is 10.2. The summed E-state index contributed by atoms with van der Waals surface area (Å²) >= 11 is 0. The summed E-state index contributed by atoms with van der Waals surface area (Å²) in [4.78, 5) is 11.0. The standard InChI is InChI=1S/C14H21NO2/c1-9-6-7-12(11(3)10(9)2)8-15-14(4,5)13(16)17/h6-7,15H,8H2,1-5H3,(H,16,17). The van der Waals surface area contributed by atoms with Crippen molar-refractivity contribution in [2.24, 2.45) is 0 Å². The van der Waals surface area contributed by atoms with E-state index in [4.69, 9.17) is 5.11 Å². The van der Waals surface area contributed by atoms with Gasteiger partial charge in [-0.25, -0.2) is 0 Å². The maximum atomic E-state index is 11.0. The zero-order valence-corrected chi connectivity index (χ0v) is 11.2. The zero-order chi connectivity index (χ0) is 13.2. The van der Waals surface area contributed by atoms with Gasteiger partial charge in [0.05, 0.1) is 0 Å². The van der Waals surface area contributed by atoms with E-state index in [2.05, 4.69) is 38.2 Å². The molecule has 0 unspecified atom stereocenters. The summed E-state index contributed by atoms with van der Waals surface area (Å²) in [6, 6.07) is 4.13. The summed E-state index contributed by atoms with van der Waals surface area (Å²) in [6.07, 6.45) is 0. The Hall–Kier alpha value is -1.35. The zero-order valence-electron chi connectivity index (χ0n) is 11.2. The van der Waals surface area contributed by atoms with Gasteiger partial charge in [-0.2, -0.15) is 0 Å². The first-order valence-electron chi connectivity index (χ1n) is 5.80. The highest BCUT2D eigenvalue weighted by atomic mass is 16.4. The molecular formula is C14H21NO2. The number of benzene rings is 1. The second-order valence-corrected chi connectivity index (χ2v) is 5.08. The van der Waals surface area contributed by atoms with Crippen LogP contribution < -0.4 is 5.32 Å². The number of aryl methyl sites for hydroxylation is 1. The minimum atomic E-state index is -0.898. The largest absolute Gasteiger partial charge is 0.480 e. The minimum absolute atomic E-state index is 0.576. The maximum absolute atomic E-state index is 11.0. The molecule has 1 aromatic rings. The Kier molecular flexibility index (Phi) is 3.94. The number of hydrogen-bond donors (Lipinski definition) is 2. The van der Waals surface area contributed by atoms with Crippen LogP contribution in [0.25, 0.3) is 0 Å². The predicted molar refractivity (Wildman–Crippen MR) is 69.2 cm³/mol. The van der Waals surface area contributed by atoms with Crippen molar-refractivity contribution in [3.8, 4) is 0 Å².